The number of halogens is 2. The zero-order valence-electron chi connectivity index (χ0n) is 13.3. The van der Waals surface area contributed by atoms with Gasteiger partial charge in [-0.05, 0) is 59.9 Å². The van der Waals surface area contributed by atoms with E-state index in [4.69, 9.17) is 23.2 Å². The molecule has 0 atom stereocenters. The first-order valence-electron chi connectivity index (χ1n) is 7.82. The summed E-state index contributed by atoms with van der Waals surface area (Å²) in [5.41, 5.74) is 1.81. The maximum Gasteiger partial charge on any atom is 0.242 e. The van der Waals surface area contributed by atoms with Crippen molar-refractivity contribution in [1.29, 1.82) is 0 Å². The van der Waals surface area contributed by atoms with Crippen LogP contribution in [0.4, 0.5) is 0 Å². The highest BCUT2D eigenvalue weighted by molar-refractivity contribution is 7.89. The standard InChI is InChI=1S/C17H19Cl2NO2S2/c1-12-8-16(15(19)9-14(12)18)24(21,22)20-11-17(5-2-3-6-17)13-4-7-23-10-13/h4,7-10,20H,2-3,5-6,11H2,1H3. The molecule has 0 radical (unpaired) electrons. The highest BCUT2D eigenvalue weighted by Crippen LogP contribution is 2.41. The van der Waals surface area contributed by atoms with Gasteiger partial charge in [0.1, 0.15) is 4.90 Å². The van der Waals surface area contributed by atoms with E-state index in [0.29, 0.717) is 17.1 Å². The Morgan fingerprint density at radius 3 is 2.54 bits per heavy atom. The van der Waals surface area contributed by atoms with Gasteiger partial charge < -0.3 is 0 Å². The average Bonchev–Trinajstić information content (AvgIpc) is 3.20. The second kappa shape index (κ2) is 6.96. The average molecular weight is 404 g/mol. The van der Waals surface area contributed by atoms with Crippen LogP contribution in [0.15, 0.2) is 33.9 Å². The van der Waals surface area contributed by atoms with E-state index < -0.39 is 10.0 Å². The van der Waals surface area contributed by atoms with E-state index >= 15 is 0 Å². The molecule has 1 N–H and O–H groups in total. The van der Waals surface area contributed by atoms with E-state index in [9.17, 15) is 8.42 Å². The Morgan fingerprint density at radius 1 is 1.21 bits per heavy atom. The topological polar surface area (TPSA) is 46.2 Å². The zero-order chi connectivity index (χ0) is 17.4. The van der Waals surface area contributed by atoms with Crippen LogP contribution in [0.25, 0.3) is 0 Å². The number of nitrogens with one attached hydrogen (secondary N) is 1. The Kier molecular flexibility index (Phi) is 5.28. The highest BCUT2D eigenvalue weighted by atomic mass is 35.5. The lowest BCUT2D eigenvalue weighted by atomic mass is 9.81. The third-order valence-electron chi connectivity index (χ3n) is 4.80. The highest BCUT2D eigenvalue weighted by Gasteiger charge is 2.37. The van der Waals surface area contributed by atoms with Crippen molar-refractivity contribution in [2.75, 3.05) is 6.54 Å². The van der Waals surface area contributed by atoms with E-state index in [2.05, 4.69) is 16.2 Å². The smallest absolute Gasteiger partial charge is 0.210 e. The molecule has 130 valence electrons. The lowest BCUT2D eigenvalue weighted by Crippen LogP contribution is -2.38. The van der Waals surface area contributed by atoms with Crippen LogP contribution in [-0.4, -0.2) is 15.0 Å². The molecule has 0 bridgehead atoms. The summed E-state index contributed by atoms with van der Waals surface area (Å²) < 4.78 is 28.3. The summed E-state index contributed by atoms with van der Waals surface area (Å²) in [7, 11) is -3.68. The number of hydrogen-bond acceptors (Lipinski definition) is 3. The van der Waals surface area contributed by atoms with E-state index in [-0.39, 0.29) is 15.3 Å². The fraction of sp³-hybridized carbons (Fsp3) is 0.412. The van der Waals surface area contributed by atoms with E-state index in [1.54, 1.807) is 18.3 Å². The second-order valence-electron chi connectivity index (χ2n) is 6.36. The summed E-state index contributed by atoms with van der Waals surface area (Å²) in [6.07, 6.45) is 4.25. The SMILES string of the molecule is Cc1cc(S(=O)(=O)NCC2(c3ccsc3)CCCC2)c(Cl)cc1Cl. The first-order valence-corrected chi connectivity index (χ1v) is 11.0. The summed E-state index contributed by atoms with van der Waals surface area (Å²) in [5.74, 6) is 0. The van der Waals surface area contributed by atoms with Crippen LogP contribution in [0.1, 0.15) is 36.8 Å². The van der Waals surface area contributed by atoms with Crippen LogP contribution in [-0.2, 0) is 15.4 Å². The van der Waals surface area contributed by atoms with Gasteiger partial charge in [-0.15, -0.1) is 0 Å². The Bertz CT molecular complexity index is 827. The fourth-order valence-corrected chi connectivity index (χ4v) is 6.07. The van der Waals surface area contributed by atoms with Gasteiger partial charge in [-0.25, -0.2) is 13.1 Å². The molecule has 2 aromatic rings. The monoisotopic (exact) mass is 403 g/mol. The number of rotatable bonds is 5. The molecule has 1 aliphatic carbocycles. The molecule has 0 spiro atoms. The minimum absolute atomic E-state index is 0.0875. The van der Waals surface area contributed by atoms with Crippen LogP contribution in [0.5, 0.6) is 0 Å². The van der Waals surface area contributed by atoms with Crippen molar-refractivity contribution >= 4 is 44.6 Å². The van der Waals surface area contributed by atoms with Gasteiger partial charge in [0.15, 0.2) is 0 Å². The second-order valence-corrected chi connectivity index (χ2v) is 9.69. The largest absolute Gasteiger partial charge is 0.242 e. The molecule has 3 nitrogen and oxygen atoms in total. The maximum absolute atomic E-state index is 12.7. The molecule has 0 aliphatic heterocycles. The predicted molar refractivity (Wildman–Crippen MR) is 101 cm³/mol. The van der Waals surface area contributed by atoms with E-state index in [1.807, 2.05) is 5.38 Å². The van der Waals surface area contributed by atoms with Crippen LogP contribution >= 0.6 is 34.5 Å². The van der Waals surface area contributed by atoms with Crippen LogP contribution in [0.3, 0.4) is 0 Å². The fourth-order valence-electron chi connectivity index (χ4n) is 3.33. The predicted octanol–water partition coefficient (Wildman–Crippen LogP) is 5.15. The maximum atomic E-state index is 12.7. The normalized spacial score (nSPS) is 17.3. The molecule has 0 saturated heterocycles. The van der Waals surface area contributed by atoms with Gasteiger partial charge in [0.2, 0.25) is 10.0 Å². The number of sulfonamides is 1. The molecule has 3 rings (SSSR count). The van der Waals surface area contributed by atoms with Crippen molar-refractivity contribution < 1.29 is 8.42 Å². The molecule has 1 saturated carbocycles. The Hall–Kier alpha value is -0.590. The van der Waals surface area contributed by atoms with Crippen molar-refractivity contribution in [2.24, 2.45) is 0 Å². The molecule has 0 unspecified atom stereocenters. The van der Waals surface area contributed by atoms with Crippen molar-refractivity contribution in [2.45, 2.75) is 42.9 Å². The molecule has 1 heterocycles. The summed E-state index contributed by atoms with van der Waals surface area (Å²) in [6.45, 7) is 2.16. The van der Waals surface area contributed by atoms with Gasteiger partial charge in [-0.1, -0.05) is 36.0 Å². The Labute approximate surface area is 157 Å². The van der Waals surface area contributed by atoms with Crippen LogP contribution in [0, 0.1) is 6.92 Å². The number of aryl methyl sites for hydroxylation is 1. The third-order valence-corrected chi connectivity index (χ3v) is 7.75. The van der Waals surface area contributed by atoms with E-state index in [1.165, 1.54) is 17.7 Å². The summed E-state index contributed by atoms with van der Waals surface area (Å²) in [6, 6.07) is 5.11. The molecule has 0 amide bonds. The van der Waals surface area contributed by atoms with Crippen LogP contribution in [0.2, 0.25) is 10.0 Å². The Balaban J connectivity index is 1.86. The zero-order valence-corrected chi connectivity index (χ0v) is 16.5. The van der Waals surface area contributed by atoms with Crippen molar-refractivity contribution in [3.63, 3.8) is 0 Å². The minimum atomic E-state index is -3.68. The minimum Gasteiger partial charge on any atom is -0.210 e. The molecule has 1 aromatic heterocycles. The van der Waals surface area contributed by atoms with Crippen LogP contribution < -0.4 is 4.72 Å². The number of benzene rings is 1. The van der Waals surface area contributed by atoms with Gasteiger partial charge in [0.25, 0.3) is 0 Å². The van der Waals surface area contributed by atoms with Crippen molar-refractivity contribution in [3.05, 3.63) is 50.1 Å². The number of thiophene rings is 1. The van der Waals surface area contributed by atoms with Gasteiger partial charge in [-0.2, -0.15) is 11.3 Å². The Morgan fingerprint density at radius 2 is 1.92 bits per heavy atom. The molecular weight excluding hydrogens is 385 g/mol. The first kappa shape index (κ1) is 18.2. The van der Waals surface area contributed by atoms with Gasteiger partial charge in [-0.3, -0.25) is 0 Å². The van der Waals surface area contributed by atoms with Crippen molar-refractivity contribution in [1.82, 2.24) is 4.72 Å². The first-order chi connectivity index (χ1) is 11.3. The quantitative estimate of drug-likeness (QED) is 0.749. The molecule has 1 fully saturated rings. The van der Waals surface area contributed by atoms with Gasteiger partial charge >= 0.3 is 0 Å². The molecule has 1 aliphatic rings. The molecule has 24 heavy (non-hydrogen) atoms. The summed E-state index contributed by atoms with van der Waals surface area (Å²) >= 11 is 13.8. The molecule has 1 aromatic carbocycles. The van der Waals surface area contributed by atoms with E-state index in [0.717, 1.165) is 25.7 Å². The number of hydrogen-bond donors (Lipinski definition) is 1. The summed E-state index contributed by atoms with van der Waals surface area (Å²) in [5, 5.41) is 4.78. The lowest BCUT2D eigenvalue weighted by molar-refractivity contribution is 0.433. The van der Waals surface area contributed by atoms with Crippen molar-refractivity contribution in [3.8, 4) is 0 Å². The lowest BCUT2D eigenvalue weighted by Gasteiger charge is -2.28. The third kappa shape index (κ3) is 3.51. The van der Waals surface area contributed by atoms with Gasteiger partial charge in [0.05, 0.1) is 5.02 Å². The summed E-state index contributed by atoms with van der Waals surface area (Å²) in [4.78, 5) is 0.0875. The molecular formula is C17H19Cl2NO2S2. The van der Waals surface area contributed by atoms with Gasteiger partial charge in [0, 0.05) is 17.0 Å². The molecule has 7 heteroatoms.